The molecule has 1 aliphatic heterocycles. The molecule has 0 aromatic carbocycles. The van der Waals surface area contributed by atoms with Crippen LogP contribution in [0.25, 0.3) is 0 Å². The van der Waals surface area contributed by atoms with E-state index in [4.69, 9.17) is 4.74 Å². The van der Waals surface area contributed by atoms with E-state index >= 15 is 0 Å². The van der Waals surface area contributed by atoms with Gasteiger partial charge in [-0.25, -0.2) is 4.39 Å². The van der Waals surface area contributed by atoms with Crippen molar-refractivity contribution in [1.82, 2.24) is 0 Å². The number of alkyl halides is 1. The van der Waals surface area contributed by atoms with E-state index in [2.05, 4.69) is 0 Å². The Balaban J connectivity index is 2.38. The minimum absolute atomic E-state index is 0.125. The molecule has 1 nitrogen and oxygen atoms in total. The van der Waals surface area contributed by atoms with Crippen molar-refractivity contribution in [2.45, 2.75) is 32.5 Å². The predicted octanol–water partition coefficient (Wildman–Crippen LogP) is 1.77. The molecule has 1 aliphatic rings. The molecule has 3 unspecified atom stereocenters. The van der Waals surface area contributed by atoms with Crippen molar-refractivity contribution in [1.29, 1.82) is 0 Å². The van der Waals surface area contributed by atoms with Crippen molar-refractivity contribution in [3.05, 3.63) is 0 Å². The van der Waals surface area contributed by atoms with Gasteiger partial charge >= 0.3 is 0 Å². The van der Waals surface area contributed by atoms with Gasteiger partial charge in [-0.3, -0.25) is 0 Å². The first-order valence-corrected chi connectivity index (χ1v) is 3.45. The molecule has 0 amide bonds. The lowest BCUT2D eigenvalue weighted by molar-refractivity contribution is 0.0302. The first-order valence-electron chi connectivity index (χ1n) is 3.45. The van der Waals surface area contributed by atoms with Gasteiger partial charge in [-0.1, -0.05) is 6.92 Å². The van der Waals surface area contributed by atoms with Gasteiger partial charge in [0.05, 0.1) is 12.2 Å². The van der Waals surface area contributed by atoms with E-state index in [1.807, 2.05) is 13.8 Å². The molecule has 0 bridgehead atoms. The fraction of sp³-hybridized carbons (Fsp3) is 1.00. The Labute approximate surface area is 55.2 Å². The van der Waals surface area contributed by atoms with Gasteiger partial charge in [0.25, 0.3) is 0 Å². The van der Waals surface area contributed by atoms with Crippen molar-refractivity contribution in [3.8, 4) is 0 Å². The van der Waals surface area contributed by atoms with E-state index < -0.39 is 0 Å². The molecule has 3 atom stereocenters. The Kier molecular flexibility index (Phi) is 2.06. The van der Waals surface area contributed by atoms with Gasteiger partial charge < -0.3 is 4.74 Å². The van der Waals surface area contributed by atoms with Crippen molar-refractivity contribution >= 4 is 0 Å². The molecular weight excluding hydrogens is 119 g/mol. The lowest BCUT2D eigenvalue weighted by Crippen LogP contribution is -2.15. The molecule has 0 spiro atoms. The molecular formula is C7H13FO. The summed E-state index contributed by atoms with van der Waals surface area (Å²) < 4.78 is 17.2. The number of ether oxygens (including phenoxy) is 1. The van der Waals surface area contributed by atoms with Gasteiger partial charge in [-0.15, -0.1) is 0 Å². The zero-order valence-corrected chi connectivity index (χ0v) is 5.93. The van der Waals surface area contributed by atoms with E-state index in [-0.39, 0.29) is 18.9 Å². The molecule has 2 heteroatoms. The van der Waals surface area contributed by atoms with Crippen LogP contribution in [-0.4, -0.2) is 18.9 Å². The summed E-state index contributed by atoms with van der Waals surface area (Å²) in [5, 5.41) is 0. The summed E-state index contributed by atoms with van der Waals surface area (Å²) in [6, 6.07) is 0. The quantitative estimate of drug-likeness (QED) is 0.528. The van der Waals surface area contributed by atoms with Crippen LogP contribution in [0.3, 0.4) is 0 Å². The van der Waals surface area contributed by atoms with Crippen LogP contribution in [0.15, 0.2) is 0 Å². The van der Waals surface area contributed by atoms with Crippen LogP contribution < -0.4 is 0 Å². The van der Waals surface area contributed by atoms with Crippen LogP contribution in [-0.2, 0) is 4.74 Å². The number of hydrogen-bond acceptors (Lipinski definition) is 1. The molecule has 0 saturated carbocycles. The highest BCUT2D eigenvalue weighted by molar-refractivity contribution is 4.76. The Morgan fingerprint density at radius 2 is 2.22 bits per heavy atom. The van der Waals surface area contributed by atoms with Crippen LogP contribution in [0.4, 0.5) is 4.39 Å². The maximum Gasteiger partial charge on any atom is 0.116 e. The molecule has 1 fully saturated rings. The molecule has 1 heterocycles. The molecule has 9 heavy (non-hydrogen) atoms. The third-order valence-electron chi connectivity index (χ3n) is 1.90. The molecule has 0 aromatic rings. The first kappa shape index (κ1) is 7.00. The Bertz CT molecular complexity index is 94.9. The molecule has 1 saturated heterocycles. The smallest absolute Gasteiger partial charge is 0.116 e. The molecule has 54 valence electrons. The van der Waals surface area contributed by atoms with Crippen LogP contribution in [0, 0.1) is 5.92 Å². The fourth-order valence-electron chi connectivity index (χ4n) is 1.35. The highest BCUT2D eigenvalue weighted by atomic mass is 19.1. The molecule has 0 aliphatic carbocycles. The van der Waals surface area contributed by atoms with Gasteiger partial charge in [0.15, 0.2) is 0 Å². The fourth-order valence-corrected chi connectivity index (χ4v) is 1.35. The van der Waals surface area contributed by atoms with E-state index in [0.29, 0.717) is 5.92 Å². The summed E-state index contributed by atoms with van der Waals surface area (Å²) in [5.41, 5.74) is 0. The monoisotopic (exact) mass is 132 g/mol. The van der Waals surface area contributed by atoms with Crippen LogP contribution in [0.1, 0.15) is 20.3 Å². The Morgan fingerprint density at radius 1 is 1.56 bits per heavy atom. The maximum atomic E-state index is 12.0. The van der Waals surface area contributed by atoms with Gasteiger partial charge in [0.1, 0.15) is 6.67 Å². The number of rotatable bonds is 1. The minimum Gasteiger partial charge on any atom is -0.372 e. The second kappa shape index (κ2) is 2.65. The standard InChI is InChI=1S/C7H13FO/c1-5-3-6(2)9-7(5)4-8/h5-7H,3-4H2,1-2H3. The van der Waals surface area contributed by atoms with E-state index in [1.54, 1.807) is 0 Å². The second-order valence-electron chi connectivity index (χ2n) is 2.85. The van der Waals surface area contributed by atoms with Crippen LogP contribution in [0.5, 0.6) is 0 Å². The summed E-state index contributed by atoms with van der Waals surface area (Å²) in [6.45, 7) is 3.70. The Hall–Kier alpha value is -0.110. The highest BCUT2D eigenvalue weighted by Crippen LogP contribution is 2.25. The molecule has 0 N–H and O–H groups in total. The lowest BCUT2D eigenvalue weighted by atomic mass is 10.0. The van der Waals surface area contributed by atoms with Crippen molar-refractivity contribution in [3.63, 3.8) is 0 Å². The van der Waals surface area contributed by atoms with Crippen LogP contribution in [0.2, 0.25) is 0 Å². The summed E-state index contributed by atoms with van der Waals surface area (Å²) in [7, 11) is 0. The second-order valence-corrected chi connectivity index (χ2v) is 2.85. The topological polar surface area (TPSA) is 9.23 Å². The summed E-state index contributed by atoms with van der Waals surface area (Å²) in [6.07, 6.45) is 1.15. The lowest BCUT2D eigenvalue weighted by Gasteiger charge is -2.08. The molecule has 0 radical (unpaired) electrons. The zero-order chi connectivity index (χ0) is 6.85. The SMILES string of the molecule is CC1CC(C)C(CF)O1. The predicted molar refractivity (Wildman–Crippen MR) is 34.1 cm³/mol. The maximum absolute atomic E-state index is 12.0. The van der Waals surface area contributed by atoms with E-state index in [0.717, 1.165) is 6.42 Å². The molecule has 0 aromatic heterocycles. The first-order chi connectivity index (χ1) is 4.24. The van der Waals surface area contributed by atoms with Gasteiger partial charge in [-0.2, -0.15) is 0 Å². The Morgan fingerprint density at radius 3 is 2.44 bits per heavy atom. The summed E-state index contributed by atoms with van der Waals surface area (Å²) >= 11 is 0. The van der Waals surface area contributed by atoms with Crippen molar-refractivity contribution in [2.75, 3.05) is 6.67 Å². The van der Waals surface area contributed by atoms with Crippen LogP contribution >= 0.6 is 0 Å². The van der Waals surface area contributed by atoms with E-state index in [9.17, 15) is 4.39 Å². The van der Waals surface area contributed by atoms with Gasteiger partial charge in [0, 0.05) is 0 Å². The minimum atomic E-state index is -0.328. The van der Waals surface area contributed by atoms with E-state index in [1.165, 1.54) is 0 Å². The summed E-state index contributed by atoms with van der Waals surface area (Å²) in [4.78, 5) is 0. The largest absolute Gasteiger partial charge is 0.372 e. The number of hydrogen-bond donors (Lipinski definition) is 0. The number of halogens is 1. The molecule has 1 rings (SSSR count). The highest BCUT2D eigenvalue weighted by Gasteiger charge is 2.28. The van der Waals surface area contributed by atoms with Crippen molar-refractivity contribution < 1.29 is 9.13 Å². The third kappa shape index (κ3) is 1.42. The van der Waals surface area contributed by atoms with Gasteiger partial charge in [-0.05, 0) is 19.3 Å². The zero-order valence-electron chi connectivity index (χ0n) is 5.93. The average molecular weight is 132 g/mol. The van der Waals surface area contributed by atoms with Crippen molar-refractivity contribution in [2.24, 2.45) is 5.92 Å². The summed E-state index contributed by atoms with van der Waals surface area (Å²) in [5.74, 6) is 0.407. The average Bonchev–Trinajstić information content (AvgIpc) is 2.10. The normalized spacial score (nSPS) is 43.7. The van der Waals surface area contributed by atoms with Gasteiger partial charge in [0.2, 0.25) is 0 Å². The third-order valence-corrected chi connectivity index (χ3v) is 1.90.